The van der Waals surface area contributed by atoms with Crippen molar-refractivity contribution >= 4 is 5.91 Å². The number of aryl methyl sites for hydroxylation is 1. The van der Waals surface area contributed by atoms with E-state index in [2.05, 4.69) is 5.10 Å². The molecule has 0 radical (unpaired) electrons. The van der Waals surface area contributed by atoms with Crippen LogP contribution in [0.4, 0.5) is 0 Å². The largest absolute Gasteiger partial charge is 0.497 e. The third-order valence-corrected chi connectivity index (χ3v) is 5.62. The molecular weight excluding hydrogens is 316 g/mol. The van der Waals surface area contributed by atoms with Gasteiger partial charge in [0, 0.05) is 24.8 Å². The molecule has 1 amide bonds. The number of nitrogens with two attached hydrogens (primary N) is 1. The van der Waals surface area contributed by atoms with Crippen molar-refractivity contribution in [3.05, 3.63) is 41.7 Å². The van der Waals surface area contributed by atoms with Gasteiger partial charge in [-0.15, -0.1) is 0 Å². The first-order chi connectivity index (χ1) is 12.1. The molecule has 3 unspecified atom stereocenters. The number of methoxy groups -OCH3 is 1. The Morgan fingerprint density at radius 2 is 2.00 bits per heavy atom. The molecule has 1 aliphatic heterocycles. The minimum absolute atomic E-state index is 0.0111. The summed E-state index contributed by atoms with van der Waals surface area (Å²) in [6.45, 7) is 3.54. The van der Waals surface area contributed by atoms with Gasteiger partial charge in [0.1, 0.15) is 5.75 Å². The second-order valence-electron chi connectivity index (χ2n) is 7.16. The van der Waals surface area contributed by atoms with Crippen molar-refractivity contribution in [1.29, 1.82) is 0 Å². The molecular formula is C19H24N4O2. The van der Waals surface area contributed by atoms with Crippen LogP contribution < -0.4 is 10.5 Å². The van der Waals surface area contributed by atoms with Crippen molar-refractivity contribution in [2.24, 2.45) is 17.6 Å². The quantitative estimate of drug-likeness (QED) is 0.927. The van der Waals surface area contributed by atoms with E-state index in [1.165, 1.54) is 0 Å². The molecule has 2 N–H and O–H groups in total. The molecule has 4 rings (SSSR count). The number of ether oxygens (including phenoxy) is 1. The standard InChI is InChI=1S/C19H24N4O2/c1-12-9-18(21-23(12)14-4-6-15(25-2)7-5-14)19(24)22-10-13-3-8-17(20)16(13)11-22/h4-7,9,13,16-17H,3,8,10-11,20H2,1-2H3. The van der Waals surface area contributed by atoms with Gasteiger partial charge in [0.25, 0.3) is 5.91 Å². The van der Waals surface area contributed by atoms with Gasteiger partial charge in [0.05, 0.1) is 12.8 Å². The molecule has 1 aromatic heterocycles. The van der Waals surface area contributed by atoms with Gasteiger partial charge in [-0.25, -0.2) is 4.68 Å². The van der Waals surface area contributed by atoms with Gasteiger partial charge in [0.2, 0.25) is 0 Å². The maximum absolute atomic E-state index is 12.9. The molecule has 0 spiro atoms. The number of fused-ring (bicyclic) bond motifs is 1. The fourth-order valence-corrected chi connectivity index (χ4v) is 4.20. The van der Waals surface area contributed by atoms with Gasteiger partial charge in [-0.3, -0.25) is 4.79 Å². The number of amides is 1. The maximum atomic E-state index is 12.9. The van der Waals surface area contributed by atoms with Crippen LogP contribution in [0.25, 0.3) is 5.69 Å². The number of nitrogens with zero attached hydrogens (tertiary/aromatic N) is 3. The van der Waals surface area contributed by atoms with Gasteiger partial charge < -0.3 is 15.4 Å². The van der Waals surface area contributed by atoms with Crippen LogP contribution in [0.1, 0.15) is 29.0 Å². The van der Waals surface area contributed by atoms with Gasteiger partial charge >= 0.3 is 0 Å². The number of aromatic nitrogens is 2. The molecule has 1 saturated carbocycles. The van der Waals surface area contributed by atoms with E-state index in [4.69, 9.17) is 10.5 Å². The van der Waals surface area contributed by atoms with Crippen LogP contribution in [-0.4, -0.2) is 46.8 Å². The highest BCUT2D eigenvalue weighted by atomic mass is 16.5. The van der Waals surface area contributed by atoms with Gasteiger partial charge in [-0.1, -0.05) is 0 Å². The molecule has 1 aliphatic carbocycles. The van der Waals surface area contributed by atoms with Crippen LogP contribution >= 0.6 is 0 Å². The second-order valence-corrected chi connectivity index (χ2v) is 7.16. The van der Waals surface area contributed by atoms with E-state index in [-0.39, 0.29) is 11.9 Å². The van der Waals surface area contributed by atoms with Crippen molar-refractivity contribution in [3.63, 3.8) is 0 Å². The number of hydrogen-bond donors (Lipinski definition) is 1. The first-order valence-corrected chi connectivity index (χ1v) is 8.83. The number of carbonyl (C=O) groups excluding carboxylic acids is 1. The molecule has 132 valence electrons. The molecule has 2 aromatic rings. The summed E-state index contributed by atoms with van der Waals surface area (Å²) >= 11 is 0. The average Bonchev–Trinajstić information content (AvgIpc) is 3.31. The maximum Gasteiger partial charge on any atom is 0.274 e. The van der Waals surface area contributed by atoms with Gasteiger partial charge in [0.15, 0.2) is 5.69 Å². The molecule has 2 heterocycles. The van der Waals surface area contributed by atoms with Crippen LogP contribution in [0.2, 0.25) is 0 Å². The molecule has 25 heavy (non-hydrogen) atoms. The van der Waals surface area contributed by atoms with Gasteiger partial charge in [-0.05, 0) is 61.9 Å². The summed E-state index contributed by atoms with van der Waals surface area (Å²) < 4.78 is 6.99. The summed E-state index contributed by atoms with van der Waals surface area (Å²) in [7, 11) is 1.64. The van der Waals surface area contributed by atoms with Crippen molar-refractivity contribution in [2.75, 3.05) is 20.2 Å². The molecule has 3 atom stereocenters. The third-order valence-electron chi connectivity index (χ3n) is 5.62. The lowest BCUT2D eigenvalue weighted by Crippen LogP contribution is -2.33. The zero-order valence-electron chi connectivity index (χ0n) is 14.7. The second kappa shape index (κ2) is 6.19. The van der Waals surface area contributed by atoms with E-state index in [1.807, 2.05) is 42.2 Å². The smallest absolute Gasteiger partial charge is 0.274 e. The van der Waals surface area contributed by atoms with Crippen LogP contribution in [0.3, 0.4) is 0 Å². The van der Waals surface area contributed by atoms with Crippen LogP contribution in [-0.2, 0) is 0 Å². The van der Waals surface area contributed by atoms with E-state index in [0.717, 1.165) is 43.1 Å². The highest BCUT2D eigenvalue weighted by molar-refractivity contribution is 5.92. The Bertz CT molecular complexity index is 783. The minimum Gasteiger partial charge on any atom is -0.497 e. The van der Waals surface area contributed by atoms with Crippen molar-refractivity contribution in [1.82, 2.24) is 14.7 Å². The Morgan fingerprint density at radius 1 is 1.24 bits per heavy atom. The molecule has 2 fully saturated rings. The van der Waals surface area contributed by atoms with Crippen LogP contribution in [0, 0.1) is 18.8 Å². The summed E-state index contributed by atoms with van der Waals surface area (Å²) in [6.07, 6.45) is 2.22. The van der Waals surface area contributed by atoms with Crippen LogP contribution in [0.15, 0.2) is 30.3 Å². The highest BCUT2D eigenvalue weighted by Gasteiger charge is 2.43. The predicted octanol–water partition coefficient (Wildman–Crippen LogP) is 2.00. The highest BCUT2D eigenvalue weighted by Crippen LogP contribution is 2.37. The molecule has 1 aromatic carbocycles. The van der Waals surface area contributed by atoms with E-state index in [9.17, 15) is 4.79 Å². The van der Waals surface area contributed by atoms with E-state index >= 15 is 0 Å². The predicted molar refractivity (Wildman–Crippen MR) is 94.9 cm³/mol. The molecule has 6 nitrogen and oxygen atoms in total. The Labute approximate surface area is 147 Å². The number of benzene rings is 1. The number of hydrogen-bond acceptors (Lipinski definition) is 4. The van der Waals surface area contributed by atoms with Crippen molar-refractivity contribution in [2.45, 2.75) is 25.8 Å². The topological polar surface area (TPSA) is 73.4 Å². The SMILES string of the molecule is COc1ccc(-n2nc(C(=O)N3CC4CCC(N)C4C3)cc2C)cc1. The monoisotopic (exact) mass is 340 g/mol. The lowest BCUT2D eigenvalue weighted by Gasteiger charge is -2.17. The lowest BCUT2D eigenvalue weighted by molar-refractivity contribution is 0.0773. The lowest BCUT2D eigenvalue weighted by atomic mass is 9.98. The van der Waals surface area contributed by atoms with Crippen molar-refractivity contribution < 1.29 is 9.53 Å². The first kappa shape index (κ1) is 16.1. The zero-order chi connectivity index (χ0) is 17.6. The van der Waals surface area contributed by atoms with Gasteiger partial charge in [-0.2, -0.15) is 5.10 Å². The molecule has 1 saturated heterocycles. The summed E-state index contributed by atoms with van der Waals surface area (Å²) in [5.41, 5.74) is 8.53. The normalized spacial score (nSPS) is 25.2. The fraction of sp³-hybridized carbons (Fsp3) is 0.474. The Morgan fingerprint density at radius 3 is 2.68 bits per heavy atom. The number of likely N-dealkylation sites (tertiary alicyclic amines) is 1. The zero-order valence-corrected chi connectivity index (χ0v) is 14.7. The third kappa shape index (κ3) is 2.80. The summed E-state index contributed by atoms with van der Waals surface area (Å²) in [4.78, 5) is 14.8. The van der Waals surface area contributed by atoms with E-state index in [1.54, 1.807) is 11.8 Å². The average molecular weight is 340 g/mol. The Balaban J connectivity index is 1.54. The number of rotatable bonds is 3. The summed E-state index contributed by atoms with van der Waals surface area (Å²) in [6, 6.07) is 9.75. The molecule has 0 bridgehead atoms. The van der Waals surface area contributed by atoms with E-state index in [0.29, 0.717) is 17.5 Å². The van der Waals surface area contributed by atoms with E-state index < -0.39 is 0 Å². The Hall–Kier alpha value is -2.34. The molecule has 2 aliphatic rings. The van der Waals surface area contributed by atoms with Crippen molar-refractivity contribution in [3.8, 4) is 11.4 Å². The summed E-state index contributed by atoms with van der Waals surface area (Å²) in [5, 5.41) is 4.55. The first-order valence-electron chi connectivity index (χ1n) is 8.83. The minimum atomic E-state index is 0.0111. The Kier molecular flexibility index (Phi) is 4.00. The fourth-order valence-electron chi connectivity index (χ4n) is 4.20. The molecule has 6 heteroatoms. The summed E-state index contributed by atoms with van der Waals surface area (Å²) in [5.74, 6) is 1.82. The van der Waals surface area contributed by atoms with Crippen LogP contribution in [0.5, 0.6) is 5.75 Å². The number of carbonyl (C=O) groups is 1.